The Morgan fingerprint density at radius 2 is 1.97 bits per heavy atom. The van der Waals surface area contributed by atoms with Crippen LogP contribution in [0.2, 0.25) is 0 Å². The highest BCUT2D eigenvalue weighted by molar-refractivity contribution is 5.67. The van der Waals surface area contributed by atoms with Crippen molar-refractivity contribution in [1.82, 2.24) is 4.98 Å². The number of halogens is 1. The van der Waals surface area contributed by atoms with Gasteiger partial charge in [-0.2, -0.15) is 0 Å². The number of hydrogen-bond acceptors (Lipinski definition) is 2. The second-order valence-corrected chi connectivity index (χ2v) is 8.91. The molecule has 29 heavy (non-hydrogen) atoms. The maximum Gasteiger partial charge on any atom is 0.0965 e. The molecule has 4 rings (SSSR count). The van der Waals surface area contributed by atoms with E-state index in [0.717, 1.165) is 36.7 Å². The van der Waals surface area contributed by atoms with Gasteiger partial charge in [-0.25, -0.2) is 0 Å². The zero-order valence-electron chi connectivity index (χ0n) is 17.6. The van der Waals surface area contributed by atoms with E-state index in [1.165, 1.54) is 48.9 Å². The van der Waals surface area contributed by atoms with Gasteiger partial charge in [-0.3, -0.25) is 9.37 Å². The minimum absolute atomic E-state index is 0.0911. The monoisotopic (exact) mass is 392 g/mol. The summed E-state index contributed by atoms with van der Waals surface area (Å²) < 4.78 is 13.5. The van der Waals surface area contributed by atoms with E-state index in [-0.39, 0.29) is 12.6 Å². The van der Waals surface area contributed by atoms with Crippen molar-refractivity contribution in [2.24, 2.45) is 11.8 Å². The van der Waals surface area contributed by atoms with Crippen molar-refractivity contribution >= 4 is 11.8 Å². The minimum atomic E-state index is -0.238. The van der Waals surface area contributed by atoms with Crippen molar-refractivity contribution in [3.63, 3.8) is 0 Å². The molecule has 2 aliphatic rings. The summed E-state index contributed by atoms with van der Waals surface area (Å²) >= 11 is 0. The molecule has 1 aromatic carbocycles. The van der Waals surface area contributed by atoms with Crippen molar-refractivity contribution in [1.29, 1.82) is 0 Å². The minimum Gasteiger partial charge on any atom is -0.371 e. The third-order valence-electron chi connectivity index (χ3n) is 6.80. The van der Waals surface area contributed by atoms with Gasteiger partial charge in [0.15, 0.2) is 0 Å². The van der Waals surface area contributed by atoms with Crippen LogP contribution in [0.4, 0.5) is 10.1 Å². The van der Waals surface area contributed by atoms with Crippen LogP contribution in [-0.2, 0) is 6.42 Å². The van der Waals surface area contributed by atoms with Gasteiger partial charge in [-0.15, -0.1) is 0 Å². The smallest absolute Gasteiger partial charge is 0.0965 e. The van der Waals surface area contributed by atoms with Gasteiger partial charge in [0.2, 0.25) is 0 Å². The Morgan fingerprint density at radius 1 is 1.17 bits per heavy atom. The van der Waals surface area contributed by atoms with Gasteiger partial charge < -0.3 is 4.90 Å². The highest BCUT2D eigenvalue weighted by Crippen LogP contribution is 2.43. The highest BCUT2D eigenvalue weighted by atomic mass is 19.1. The van der Waals surface area contributed by atoms with Crippen molar-refractivity contribution in [3.05, 3.63) is 65.5 Å². The molecule has 1 unspecified atom stereocenters. The topological polar surface area (TPSA) is 16.1 Å². The summed E-state index contributed by atoms with van der Waals surface area (Å²) in [7, 11) is 0. The van der Waals surface area contributed by atoms with E-state index in [1.807, 2.05) is 18.3 Å². The van der Waals surface area contributed by atoms with E-state index in [0.29, 0.717) is 5.92 Å². The molecule has 3 heteroatoms. The second-order valence-electron chi connectivity index (χ2n) is 8.91. The van der Waals surface area contributed by atoms with Crippen molar-refractivity contribution in [3.8, 4) is 0 Å². The van der Waals surface area contributed by atoms with E-state index in [4.69, 9.17) is 0 Å². The summed E-state index contributed by atoms with van der Waals surface area (Å²) in [6, 6.07) is 10.8. The lowest BCUT2D eigenvalue weighted by Crippen LogP contribution is -2.34. The molecule has 1 aliphatic carbocycles. The first-order valence-corrected chi connectivity index (χ1v) is 11.2. The lowest BCUT2D eigenvalue weighted by Gasteiger charge is -2.34. The number of aryl methyl sites for hydroxylation is 2. The second kappa shape index (κ2) is 9.11. The van der Waals surface area contributed by atoms with Crippen molar-refractivity contribution < 1.29 is 4.39 Å². The van der Waals surface area contributed by atoms with Crippen LogP contribution in [0.1, 0.15) is 60.4 Å². The molecule has 0 amide bonds. The molecule has 0 N–H and O–H groups in total. The van der Waals surface area contributed by atoms with Crippen LogP contribution in [-0.4, -0.2) is 24.7 Å². The van der Waals surface area contributed by atoms with Gasteiger partial charge in [0.25, 0.3) is 0 Å². The van der Waals surface area contributed by atoms with Crippen LogP contribution in [0.3, 0.4) is 0 Å². The SMILES string of the molecule is C=Cc1ccc(C)cc1N1CCC(CCc2cc(C(CF)C3CC3)ccn2)CC1. The third kappa shape index (κ3) is 4.88. The van der Waals surface area contributed by atoms with Gasteiger partial charge in [0.05, 0.1) is 6.67 Å². The molecule has 2 nitrogen and oxygen atoms in total. The number of anilines is 1. The van der Waals surface area contributed by atoms with Crippen LogP contribution < -0.4 is 4.90 Å². The van der Waals surface area contributed by atoms with Crippen LogP contribution in [0.15, 0.2) is 43.1 Å². The molecular weight excluding hydrogens is 359 g/mol. The third-order valence-corrected chi connectivity index (χ3v) is 6.80. The number of nitrogens with zero attached hydrogens (tertiary/aromatic N) is 2. The quantitative estimate of drug-likeness (QED) is 0.521. The fraction of sp³-hybridized carbons (Fsp3) is 0.500. The van der Waals surface area contributed by atoms with Crippen molar-refractivity contribution in [2.45, 2.75) is 51.4 Å². The average molecular weight is 393 g/mol. The Morgan fingerprint density at radius 3 is 2.66 bits per heavy atom. The van der Waals surface area contributed by atoms with E-state index < -0.39 is 0 Å². The Kier molecular flexibility index (Phi) is 6.32. The summed E-state index contributed by atoms with van der Waals surface area (Å²) in [6.07, 6.45) is 10.8. The zero-order valence-corrected chi connectivity index (χ0v) is 17.6. The van der Waals surface area contributed by atoms with Crippen LogP contribution >= 0.6 is 0 Å². The van der Waals surface area contributed by atoms with Crippen LogP contribution in [0.25, 0.3) is 6.08 Å². The van der Waals surface area contributed by atoms with Gasteiger partial charge >= 0.3 is 0 Å². The lowest BCUT2D eigenvalue weighted by atomic mass is 9.90. The van der Waals surface area contributed by atoms with E-state index in [1.54, 1.807) is 0 Å². The first-order valence-electron chi connectivity index (χ1n) is 11.2. The molecule has 1 atom stereocenters. The molecule has 1 aromatic heterocycles. The Balaban J connectivity index is 1.32. The normalized spacial score (nSPS) is 18.6. The average Bonchev–Trinajstić information content (AvgIpc) is 3.59. The van der Waals surface area contributed by atoms with Crippen molar-refractivity contribution in [2.75, 3.05) is 24.7 Å². The largest absolute Gasteiger partial charge is 0.371 e. The predicted molar refractivity (Wildman–Crippen MR) is 120 cm³/mol. The molecule has 0 spiro atoms. The van der Waals surface area contributed by atoms with Gasteiger partial charge in [-0.05, 0) is 92.2 Å². The lowest BCUT2D eigenvalue weighted by molar-refractivity contribution is 0.380. The Labute approximate surface area is 174 Å². The van der Waals surface area contributed by atoms with Gasteiger partial charge in [0, 0.05) is 36.6 Å². The number of benzene rings is 1. The van der Waals surface area contributed by atoms with Crippen LogP contribution in [0, 0.1) is 18.8 Å². The Hall–Kier alpha value is -2.16. The molecule has 2 aromatic rings. The molecule has 1 saturated heterocycles. The maximum atomic E-state index is 13.5. The summed E-state index contributed by atoms with van der Waals surface area (Å²) in [5.74, 6) is 1.39. The Bertz CT molecular complexity index is 834. The van der Waals surface area contributed by atoms with Gasteiger partial charge in [-0.1, -0.05) is 24.8 Å². The fourth-order valence-electron chi connectivity index (χ4n) is 4.76. The van der Waals surface area contributed by atoms with Gasteiger partial charge in [0.1, 0.15) is 0 Å². The molecule has 2 heterocycles. The highest BCUT2D eigenvalue weighted by Gasteiger charge is 2.32. The summed E-state index contributed by atoms with van der Waals surface area (Å²) in [5, 5.41) is 0. The summed E-state index contributed by atoms with van der Waals surface area (Å²) in [4.78, 5) is 7.09. The van der Waals surface area contributed by atoms with E-state index in [2.05, 4.69) is 47.7 Å². The number of aromatic nitrogens is 1. The molecule has 2 fully saturated rings. The molecule has 1 aliphatic heterocycles. The predicted octanol–water partition coefficient (Wildman–Crippen LogP) is 6.35. The summed E-state index contributed by atoms with van der Waals surface area (Å²) in [5.41, 5.74) is 6.15. The zero-order chi connectivity index (χ0) is 20.2. The molecule has 0 radical (unpaired) electrons. The molecular formula is C26H33FN2. The number of pyridine rings is 1. The maximum absolute atomic E-state index is 13.5. The number of rotatable bonds is 8. The molecule has 0 bridgehead atoms. The molecule has 154 valence electrons. The standard InChI is InChI=1S/C26H33FN2/c1-3-21-6-4-19(2)16-26(21)29-14-11-20(12-15-29)5-9-24-17-23(10-13-28-24)25(18-27)22-7-8-22/h3-4,6,10,13,16-17,20,22,25H,1,5,7-9,11-12,14-15,18H2,2H3. The first kappa shape index (κ1) is 20.1. The van der Waals surface area contributed by atoms with Crippen LogP contribution in [0.5, 0.6) is 0 Å². The van der Waals surface area contributed by atoms with E-state index >= 15 is 0 Å². The first-order chi connectivity index (χ1) is 14.2. The number of alkyl halides is 1. The molecule has 1 saturated carbocycles. The number of piperidine rings is 1. The number of hydrogen-bond donors (Lipinski definition) is 0. The fourth-order valence-corrected chi connectivity index (χ4v) is 4.76. The van der Waals surface area contributed by atoms with E-state index in [9.17, 15) is 4.39 Å². The summed E-state index contributed by atoms with van der Waals surface area (Å²) in [6.45, 7) is 8.10.